The van der Waals surface area contributed by atoms with E-state index in [0.717, 1.165) is 50.2 Å². The molecule has 6 heteroatoms. The Labute approximate surface area is 134 Å². The Morgan fingerprint density at radius 1 is 1.30 bits per heavy atom. The first-order chi connectivity index (χ1) is 11.2. The summed E-state index contributed by atoms with van der Waals surface area (Å²) < 4.78 is 5.32. The fraction of sp³-hybridized carbons (Fsp3) is 0.471. The van der Waals surface area contributed by atoms with Crippen molar-refractivity contribution in [2.75, 3.05) is 18.0 Å². The topological polar surface area (TPSA) is 79.5 Å². The maximum Gasteiger partial charge on any atom is 0.335 e. The van der Waals surface area contributed by atoms with Crippen LogP contribution in [0.4, 0.5) is 5.95 Å². The fourth-order valence-electron chi connectivity index (χ4n) is 3.25. The van der Waals surface area contributed by atoms with E-state index in [0.29, 0.717) is 23.3 Å². The van der Waals surface area contributed by atoms with Crippen LogP contribution in [0.1, 0.15) is 47.0 Å². The maximum absolute atomic E-state index is 11.3. The van der Waals surface area contributed by atoms with Gasteiger partial charge in [-0.25, -0.2) is 4.79 Å². The molecular weight excluding hydrogens is 294 g/mol. The first-order valence-electron chi connectivity index (χ1n) is 8.10. The van der Waals surface area contributed by atoms with Crippen molar-refractivity contribution in [3.63, 3.8) is 0 Å². The SMILES string of the molecule is O=C(O)c1ccccc1CC1CCN(c2noc(C3CC3)n2)C1. The molecule has 2 aromatic rings. The first-order valence-corrected chi connectivity index (χ1v) is 8.10. The first kappa shape index (κ1) is 14.2. The van der Waals surface area contributed by atoms with Crippen molar-refractivity contribution in [3.05, 3.63) is 41.3 Å². The summed E-state index contributed by atoms with van der Waals surface area (Å²) in [7, 11) is 0. The molecule has 1 unspecified atom stereocenters. The molecule has 1 aromatic heterocycles. The van der Waals surface area contributed by atoms with E-state index in [1.165, 1.54) is 0 Å². The summed E-state index contributed by atoms with van der Waals surface area (Å²) in [5, 5.41) is 13.4. The predicted octanol–water partition coefficient (Wildman–Crippen LogP) is 2.71. The molecule has 1 aliphatic heterocycles. The summed E-state index contributed by atoms with van der Waals surface area (Å²) in [6.45, 7) is 1.74. The van der Waals surface area contributed by atoms with E-state index in [9.17, 15) is 9.90 Å². The second kappa shape index (κ2) is 5.68. The number of hydrogen-bond acceptors (Lipinski definition) is 5. The van der Waals surface area contributed by atoms with Crippen LogP contribution >= 0.6 is 0 Å². The molecule has 1 atom stereocenters. The molecule has 1 aliphatic carbocycles. The van der Waals surface area contributed by atoms with Crippen LogP contribution in [-0.4, -0.2) is 34.3 Å². The van der Waals surface area contributed by atoms with Crippen LogP contribution in [0.5, 0.6) is 0 Å². The van der Waals surface area contributed by atoms with Crippen LogP contribution in [-0.2, 0) is 6.42 Å². The van der Waals surface area contributed by atoms with Crippen LogP contribution in [0.2, 0.25) is 0 Å². The number of anilines is 1. The van der Waals surface area contributed by atoms with Gasteiger partial charge in [-0.3, -0.25) is 0 Å². The van der Waals surface area contributed by atoms with Crippen molar-refractivity contribution in [2.24, 2.45) is 5.92 Å². The van der Waals surface area contributed by atoms with Gasteiger partial charge in [0.05, 0.1) is 5.56 Å². The molecule has 0 radical (unpaired) electrons. The Bertz CT molecular complexity index is 723. The monoisotopic (exact) mass is 313 g/mol. The molecule has 120 valence electrons. The summed E-state index contributed by atoms with van der Waals surface area (Å²) in [6, 6.07) is 7.25. The number of hydrogen-bond donors (Lipinski definition) is 1. The van der Waals surface area contributed by atoms with Gasteiger partial charge in [0.15, 0.2) is 0 Å². The number of aromatic nitrogens is 2. The zero-order chi connectivity index (χ0) is 15.8. The Morgan fingerprint density at radius 2 is 2.13 bits per heavy atom. The third kappa shape index (κ3) is 2.93. The number of carbonyl (C=O) groups is 1. The van der Waals surface area contributed by atoms with Gasteiger partial charge in [-0.15, -0.1) is 0 Å². The Balaban J connectivity index is 1.43. The quantitative estimate of drug-likeness (QED) is 0.914. The highest BCUT2D eigenvalue weighted by atomic mass is 16.5. The number of nitrogens with zero attached hydrogens (tertiary/aromatic N) is 3. The largest absolute Gasteiger partial charge is 0.478 e. The van der Waals surface area contributed by atoms with Crippen LogP contribution in [0.3, 0.4) is 0 Å². The van der Waals surface area contributed by atoms with Crippen LogP contribution < -0.4 is 4.90 Å². The number of benzene rings is 1. The number of rotatable bonds is 5. The number of carboxylic acid groups (broad SMARTS) is 1. The maximum atomic E-state index is 11.3. The van der Waals surface area contributed by atoms with Crippen molar-refractivity contribution in [2.45, 2.75) is 31.6 Å². The molecule has 0 amide bonds. The molecule has 2 fully saturated rings. The highest BCUT2D eigenvalue weighted by molar-refractivity contribution is 5.89. The molecule has 0 spiro atoms. The van der Waals surface area contributed by atoms with Crippen LogP contribution in [0, 0.1) is 5.92 Å². The minimum absolute atomic E-state index is 0.404. The smallest absolute Gasteiger partial charge is 0.335 e. The van der Waals surface area contributed by atoms with Crippen molar-refractivity contribution in [1.82, 2.24) is 10.1 Å². The lowest BCUT2D eigenvalue weighted by molar-refractivity contribution is 0.0695. The lowest BCUT2D eigenvalue weighted by Crippen LogP contribution is -2.21. The van der Waals surface area contributed by atoms with Gasteiger partial charge in [-0.2, -0.15) is 4.98 Å². The van der Waals surface area contributed by atoms with Crippen LogP contribution in [0.25, 0.3) is 0 Å². The zero-order valence-electron chi connectivity index (χ0n) is 12.8. The molecule has 6 nitrogen and oxygen atoms in total. The standard InChI is InChI=1S/C17H19N3O3/c21-16(22)14-4-2-1-3-13(14)9-11-7-8-20(10-11)17-18-15(23-19-17)12-5-6-12/h1-4,11-12H,5-10H2,(H,21,22). The second-order valence-corrected chi connectivity index (χ2v) is 6.47. The van der Waals surface area contributed by atoms with Crippen LogP contribution in [0.15, 0.2) is 28.8 Å². The summed E-state index contributed by atoms with van der Waals surface area (Å²) >= 11 is 0. The minimum atomic E-state index is -0.859. The van der Waals surface area contributed by atoms with Crippen molar-refractivity contribution in [3.8, 4) is 0 Å². The van der Waals surface area contributed by atoms with Gasteiger partial charge in [0.25, 0.3) is 5.95 Å². The summed E-state index contributed by atoms with van der Waals surface area (Å²) in [6.07, 6.45) is 4.08. The van der Waals surface area contributed by atoms with Gasteiger partial charge in [-0.1, -0.05) is 18.2 Å². The Hall–Kier alpha value is -2.37. The Morgan fingerprint density at radius 3 is 2.91 bits per heavy atom. The summed E-state index contributed by atoms with van der Waals surface area (Å²) in [5.41, 5.74) is 1.31. The van der Waals surface area contributed by atoms with E-state index in [-0.39, 0.29) is 0 Å². The molecule has 2 aliphatic rings. The fourth-order valence-corrected chi connectivity index (χ4v) is 3.25. The van der Waals surface area contributed by atoms with E-state index >= 15 is 0 Å². The third-order valence-electron chi connectivity index (χ3n) is 4.68. The predicted molar refractivity (Wildman–Crippen MR) is 83.7 cm³/mol. The van der Waals surface area contributed by atoms with E-state index in [4.69, 9.17) is 4.52 Å². The van der Waals surface area contributed by atoms with Gasteiger partial charge < -0.3 is 14.5 Å². The average Bonchev–Trinajstić information content (AvgIpc) is 3.09. The van der Waals surface area contributed by atoms with Crippen molar-refractivity contribution in [1.29, 1.82) is 0 Å². The van der Waals surface area contributed by atoms with Gasteiger partial charge >= 0.3 is 5.97 Å². The highest BCUT2D eigenvalue weighted by Crippen LogP contribution is 2.39. The average molecular weight is 313 g/mol. The van der Waals surface area contributed by atoms with E-state index in [1.54, 1.807) is 12.1 Å². The molecular formula is C17H19N3O3. The molecule has 1 saturated heterocycles. The van der Waals surface area contributed by atoms with Crippen molar-refractivity contribution < 1.29 is 14.4 Å². The molecule has 1 saturated carbocycles. The summed E-state index contributed by atoms with van der Waals surface area (Å²) in [4.78, 5) is 17.9. The van der Waals surface area contributed by atoms with Gasteiger partial charge in [-0.05, 0) is 48.4 Å². The molecule has 1 aromatic carbocycles. The minimum Gasteiger partial charge on any atom is -0.478 e. The van der Waals surface area contributed by atoms with Gasteiger partial charge in [0.2, 0.25) is 5.89 Å². The lowest BCUT2D eigenvalue weighted by Gasteiger charge is -2.14. The highest BCUT2D eigenvalue weighted by Gasteiger charge is 2.32. The molecule has 1 N–H and O–H groups in total. The zero-order valence-corrected chi connectivity index (χ0v) is 12.8. The van der Waals surface area contributed by atoms with E-state index in [2.05, 4.69) is 15.0 Å². The van der Waals surface area contributed by atoms with Gasteiger partial charge in [0.1, 0.15) is 0 Å². The van der Waals surface area contributed by atoms with Gasteiger partial charge in [0, 0.05) is 19.0 Å². The third-order valence-corrected chi connectivity index (χ3v) is 4.68. The van der Waals surface area contributed by atoms with Crippen molar-refractivity contribution >= 4 is 11.9 Å². The molecule has 23 heavy (non-hydrogen) atoms. The molecule has 0 bridgehead atoms. The summed E-state index contributed by atoms with van der Waals surface area (Å²) in [5.74, 6) is 1.47. The normalized spacial score (nSPS) is 20.9. The van der Waals surface area contributed by atoms with E-state index in [1.807, 2.05) is 12.1 Å². The lowest BCUT2D eigenvalue weighted by atomic mass is 9.95. The second-order valence-electron chi connectivity index (χ2n) is 6.47. The van der Waals surface area contributed by atoms with E-state index < -0.39 is 5.97 Å². The molecule has 2 heterocycles. The molecule has 4 rings (SSSR count). The Kier molecular flexibility index (Phi) is 3.52. The number of carboxylic acids is 1. The number of aromatic carboxylic acids is 1.